The van der Waals surface area contributed by atoms with Gasteiger partial charge in [0.2, 0.25) is 0 Å². The summed E-state index contributed by atoms with van der Waals surface area (Å²) in [7, 11) is -3.87. The van der Waals surface area contributed by atoms with E-state index in [1.54, 1.807) is 0 Å². The van der Waals surface area contributed by atoms with Crippen molar-refractivity contribution in [1.82, 2.24) is 0 Å². The van der Waals surface area contributed by atoms with Crippen molar-refractivity contribution >= 4 is 7.82 Å². The van der Waals surface area contributed by atoms with E-state index in [0.29, 0.717) is 6.42 Å². The molecule has 2 atom stereocenters. The second kappa shape index (κ2) is 4.35. The average molecular weight is 195 g/mol. The molecule has 3 N–H and O–H groups in total. The van der Waals surface area contributed by atoms with Crippen LogP contribution in [0.2, 0.25) is 0 Å². The van der Waals surface area contributed by atoms with E-state index in [4.69, 9.17) is 10.6 Å². The van der Waals surface area contributed by atoms with Crippen LogP contribution in [0.1, 0.15) is 25.7 Å². The zero-order valence-corrected chi connectivity index (χ0v) is 7.70. The number of rotatable bonds is 0. The molecule has 5 nitrogen and oxygen atoms in total. The summed E-state index contributed by atoms with van der Waals surface area (Å²) in [5.74, 6) is 0. The number of phosphoric acid groups is 1. The summed E-state index contributed by atoms with van der Waals surface area (Å²) < 4.78 is 20.3. The molecule has 0 aromatic rings. The van der Waals surface area contributed by atoms with Crippen molar-refractivity contribution in [2.45, 2.75) is 31.9 Å². The molecule has 72 valence electrons. The number of hydrogen-bond donors (Lipinski definition) is 2. The maximum Gasteiger partial charge on any atom is 0.473 e. The van der Waals surface area contributed by atoms with Crippen molar-refractivity contribution in [2.24, 2.45) is 5.73 Å². The standard InChI is InChI=1S/C6H14NO4P/c7-6-4-2-1-3-5-10-12(8,9)11-6/h6H,1-5,7H2,(H,8,9). The van der Waals surface area contributed by atoms with Crippen LogP contribution in [-0.4, -0.2) is 17.7 Å². The van der Waals surface area contributed by atoms with Gasteiger partial charge in [-0.1, -0.05) is 6.42 Å². The Labute approximate surface area is 71.5 Å². The molecule has 0 amide bonds. The Hall–Kier alpha value is 0.0700. The summed E-state index contributed by atoms with van der Waals surface area (Å²) in [6.07, 6.45) is 2.56. The summed E-state index contributed by atoms with van der Waals surface area (Å²) in [6, 6.07) is 0. The van der Waals surface area contributed by atoms with Crippen LogP contribution in [0.3, 0.4) is 0 Å². The largest absolute Gasteiger partial charge is 0.473 e. The highest BCUT2D eigenvalue weighted by atomic mass is 31.2. The molecule has 1 aliphatic rings. The summed E-state index contributed by atoms with van der Waals surface area (Å²) >= 11 is 0. The summed E-state index contributed by atoms with van der Waals surface area (Å²) in [6.45, 7) is 0.264. The first-order valence-corrected chi connectivity index (χ1v) is 5.51. The molecular weight excluding hydrogens is 181 g/mol. The fourth-order valence-corrected chi connectivity index (χ4v) is 1.93. The molecule has 1 fully saturated rings. The molecule has 1 aliphatic heterocycles. The quantitative estimate of drug-likeness (QED) is 0.563. The van der Waals surface area contributed by atoms with Crippen LogP contribution in [0.15, 0.2) is 0 Å². The molecule has 1 saturated heterocycles. The van der Waals surface area contributed by atoms with Crippen molar-refractivity contribution in [3.8, 4) is 0 Å². The van der Waals surface area contributed by atoms with Crippen molar-refractivity contribution in [3.05, 3.63) is 0 Å². The van der Waals surface area contributed by atoms with Crippen molar-refractivity contribution in [1.29, 1.82) is 0 Å². The molecule has 0 radical (unpaired) electrons. The molecular formula is C6H14NO4P. The predicted octanol–water partition coefficient (Wildman–Crippen LogP) is 0.979. The number of phosphoric ester groups is 1. The molecule has 1 rings (SSSR count). The highest BCUT2D eigenvalue weighted by Crippen LogP contribution is 2.45. The molecule has 6 heteroatoms. The van der Waals surface area contributed by atoms with Gasteiger partial charge < -0.3 is 10.6 Å². The SMILES string of the molecule is NC1CCCCCOP(=O)(O)O1. The van der Waals surface area contributed by atoms with E-state index in [1.807, 2.05) is 0 Å². The van der Waals surface area contributed by atoms with Gasteiger partial charge in [0.15, 0.2) is 0 Å². The Balaban J connectivity index is 2.49. The van der Waals surface area contributed by atoms with Gasteiger partial charge in [0, 0.05) is 0 Å². The lowest BCUT2D eigenvalue weighted by Crippen LogP contribution is -2.22. The third-order valence-electron chi connectivity index (χ3n) is 1.66. The van der Waals surface area contributed by atoms with Crippen LogP contribution < -0.4 is 5.73 Å². The second-order valence-electron chi connectivity index (χ2n) is 2.79. The van der Waals surface area contributed by atoms with Gasteiger partial charge in [0.05, 0.1) is 6.61 Å². The average Bonchev–Trinajstić information content (AvgIpc) is 1.99. The summed E-state index contributed by atoms with van der Waals surface area (Å²) in [5.41, 5.74) is 5.41. The highest BCUT2D eigenvalue weighted by molar-refractivity contribution is 7.47. The number of nitrogens with two attached hydrogens (primary N) is 1. The molecule has 1 heterocycles. The lowest BCUT2D eigenvalue weighted by Gasteiger charge is -2.14. The fraction of sp³-hybridized carbons (Fsp3) is 1.00. The lowest BCUT2D eigenvalue weighted by atomic mass is 10.2. The van der Waals surface area contributed by atoms with Gasteiger partial charge in [-0.05, 0) is 19.3 Å². The fourth-order valence-electron chi connectivity index (χ4n) is 1.06. The predicted molar refractivity (Wildman–Crippen MR) is 43.3 cm³/mol. The molecule has 0 aromatic heterocycles. The normalized spacial score (nSPS) is 39.7. The van der Waals surface area contributed by atoms with Gasteiger partial charge >= 0.3 is 7.82 Å². The van der Waals surface area contributed by atoms with Crippen LogP contribution in [0.25, 0.3) is 0 Å². The van der Waals surface area contributed by atoms with Crippen molar-refractivity contribution < 1.29 is 18.5 Å². The topological polar surface area (TPSA) is 81.8 Å². The first-order valence-electron chi connectivity index (χ1n) is 4.01. The zero-order chi connectivity index (χ0) is 9.03. The Morgan fingerprint density at radius 2 is 2.17 bits per heavy atom. The Morgan fingerprint density at radius 3 is 2.92 bits per heavy atom. The smallest absolute Gasteiger partial charge is 0.306 e. The van der Waals surface area contributed by atoms with E-state index < -0.39 is 14.1 Å². The van der Waals surface area contributed by atoms with E-state index in [2.05, 4.69) is 9.05 Å². The summed E-state index contributed by atoms with van der Waals surface area (Å²) in [5, 5.41) is 0. The minimum absolute atomic E-state index is 0.264. The van der Waals surface area contributed by atoms with E-state index >= 15 is 0 Å². The maximum absolute atomic E-state index is 11.0. The van der Waals surface area contributed by atoms with Crippen LogP contribution in [0.5, 0.6) is 0 Å². The Kier molecular flexibility index (Phi) is 3.68. The molecule has 0 aliphatic carbocycles. The van der Waals surface area contributed by atoms with Gasteiger partial charge in [0.1, 0.15) is 6.23 Å². The van der Waals surface area contributed by atoms with Crippen molar-refractivity contribution in [3.63, 3.8) is 0 Å². The van der Waals surface area contributed by atoms with E-state index in [-0.39, 0.29) is 6.61 Å². The van der Waals surface area contributed by atoms with Gasteiger partial charge in [0.25, 0.3) is 0 Å². The number of hydrogen-bond acceptors (Lipinski definition) is 4. The van der Waals surface area contributed by atoms with E-state index in [1.165, 1.54) is 0 Å². The first-order chi connectivity index (χ1) is 5.60. The Morgan fingerprint density at radius 1 is 1.42 bits per heavy atom. The van der Waals surface area contributed by atoms with Crippen molar-refractivity contribution in [2.75, 3.05) is 6.61 Å². The van der Waals surface area contributed by atoms with Gasteiger partial charge in [-0.15, -0.1) is 0 Å². The zero-order valence-electron chi connectivity index (χ0n) is 6.81. The Bertz CT molecular complexity index is 186. The maximum atomic E-state index is 11.0. The molecule has 12 heavy (non-hydrogen) atoms. The molecule has 0 bridgehead atoms. The van der Waals surface area contributed by atoms with Gasteiger partial charge in [-0.2, -0.15) is 0 Å². The summed E-state index contributed by atoms with van der Waals surface area (Å²) in [4.78, 5) is 9.01. The third kappa shape index (κ3) is 3.65. The second-order valence-corrected chi connectivity index (χ2v) is 4.20. The minimum Gasteiger partial charge on any atom is -0.306 e. The first kappa shape index (κ1) is 10.2. The van der Waals surface area contributed by atoms with Gasteiger partial charge in [-0.3, -0.25) is 9.05 Å². The molecule has 0 saturated carbocycles. The highest BCUT2D eigenvalue weighted by Gasteiger charge is 2.25. The molecule has 0 spiro atoms. The van der Waals surface area contributed by atoms with Crippen LogP contribution >= 0.6 is 7.82 Å². The van der Waals surface area contributed by atoms with Crippen LogP contribution in [0, 0.1) is 0 Å². The molecule has 0 aromatic carbocycles. The molecule has 2 unspecified atom stereocenters. The van der Waals surface area contributed by atoms with E-state index in [0.717, 1.165) is 19.3 Å². The van der Waals surface area contributed by atoms with Gasteiger partial charge in [-0.25, -0.2) is 4.57 Å². The van der Waals surface area contributed by atoms with Crippen LogP contribution in [-0.2, 0) is 13.6 Å². The lowest BCUT2D eigenvalue weighted by molar-refractivity contribution is 0.108. The monoisotopic (exact) mass is 195 g/mol. The minimum atomic E-state index is -3.87. The third-order valence-corrected chi connectivity index (χ3v) is 2.70. The van der Waals surface area contributed by atoms with E-state index in [9.17, 15) is 4.57 Å². The van der Waals surface area contributed by atoms with Crippen LogP contribution in [0.4, 0.5) is 0 Å².